The number of benzene rings is 1. The number of ether oxygens (including phenoxy) is 3. The first-order valence-electron chi connectivity index (χ1n) is 9.27. The zero-order chi connectivity index (χ0) is 25.6. The van der Waals surface area contributed by atoms with Crippen LogP contribution in [-0.2, 0) is 11.2 Å². The smallest absolute Gasteiger partial charge is 0.481 e. The van der Waals surface area contributed by atoms with E-state index in [1.54, 1.807) is 6.92 Å². The first kappa shape index (κ1) is 28.5. The maximum atomic E-state index is 12.8. The van der Waals surface area contributed by atoms with Crippen molar-refractivity contribution < 1.29 is 63.6 Å². The molecule has 0 aliphatic heterocycles. The number of alkyl halides is 9. The van der Waals surface area contributed by atoms with Gasteiger partial charge in [0.15, 0.2) is 11.5 Å². The number of hydrogen-bond donors (Lipinski definition) is 2. The maximum Gasteiger partial charge on any atom is 0.573 e. The van der Waals surface area contributed by atoms with Crippen molar-refractivity contribution in [2.45, 2.75) is 51.7 Å². The van der Waals surface area contributed by atoms with Gasteiger partial charge in [-0.2, -0.15) is 0 Å². The highest BCUT2D eigenvalue weighted by Gasteiger charge is 2.40. The molecule has 190 valence electrons. The maximum absolute atomic E-state index is 12.8. The monoisotopic (exact) mass is 501 g/mol. The Kier molecular flexibility index (Phi) is 9.51. The molecular weight excluding hydrogens is 481 g/mol. The number of nitrogens with two attached hydrogens (primary N) is 1. The number of halogens is 9. The van der Waals surface area contributed by atoms with Gasteiger partial charge in [0.2, 0.25) is 0 Å². The van der Waals surface area contributed by atoms with E-state index in [9.17, 15) is 44.3 Å². The highest BCUT2D eigenvalue weighted by molar-refractivity contribution is 5.70. The van der Waals surface area contributed by atoms with Gasteiger partial charge in [-0.1, -0.05) is 13.3 Å². The van der Waals surface area contributed by atoms with Crippen LogP contribution in [0.2, 0.25) is 0 Å². The third-order valence-electron chi connectivity index (χ3n) is 4.29. The van der Waals surface area contributed by atoms with E-state index in [4.69, 9.17) is 10.8 Å². The Bertz CT molecular complexity index is 793. The third-order valence-corrected chi connectivity index (χ3v) is 4.29. The normalized spacial score (nSPS) is 14.5. The zero-order valence-corrected chi connectivity index (χ0v) is 16.9. The Balaban J connectivity index is 3.27. The molecule has 0 fully saturated rings. The van der Waals surface area contributed by atoms with Gasteiger partial charge < -0.3 is 25.1 Å². The largest absolute Gasteiger partial charge is 0.573 e. The first-order valence-corrected chi connectivity index (χ1v) is 9.27. The molecule has 2 atom stereocenters. The molecular formula is C18H20F9NO5. The molecule has 0 amide bonds. The van der Waals surface area contributed by atoms with Crippen LogP contribution in [0.25, 0.3) is 0 Å². The summed E-state index contributed by atoms with van der Waals surface area (Å²) in [6.07, 6.45) is -17.0. The zero-order valence-electron chi connectivity index (χ0n) is 16.9. The molecule has 6 nitrogen and oxygen atoms in total. The van der Waals surface area contributed by atoms with Crippen molar-refractivity contribution in [2.24, 2.45) is 17.6 Å². The van der Waals surface area contributed by atoms with Crippen LogP contribution in [-0.4, -0.2) is 36.7 Å². The Morgan fingerprint density at radius 3 is 1.88 bits per heavy atom. The van der Waals surface area contributed by atoms with Gasteiger partial charge in [0.25, 0.3) is 0 Å². The van der Waals surface area contributed by atoms with E-state index in [2.05, 4.69) is 14.2 Å². The topological polar surface area (TPSA) is 91.0 Å². The lowest BCUT2D eigenvalue weighted by Crippen LogP contribution is -2.25. The van der Waals surface area contributed by atoms with Crippen LogP contribution in [0.5, 0.6) is 17.2 Å². The molecule has 0 saturated carbocycles. The predicted molar refractivity (Wildman–Crippen MR) is 93.4 cm³/mol. The summed E-state index contributed by atoms with van der Waals surface area (Å²) in [5.74, 6) is -6.80. The summed E-state index contributed by atoms with van der Waals surface area (Å²) in [5.41, 5.74) is 4.38. The summed E-state index contributed by atoms with van der Waals surface area (Å²) >= 11 is 0. The molecule has 0 aliphatic carbocycles. The molecule has 0 heterocycles. The van der Waals surface area contributed by atoms with E-state index in [0.717, 1.165) is 0 Å². The van der Waals surface area contributed by atoms with Crippen molar-refractivity contribution in [1.82, 2.24) is 0 Å². The lowest BCUT2D eigenvalue weighted by Gasteiger charge is -2.22. The van der Waals surface area contributed by atoms with Crippen LogP contribution >= 0.6 is 0 Å². The summed E-state index contributed by atoms with van der Waals surface area (Å²) in [5, 5.41) is 9.01. The summed E-state index contributed by atoms with van der Waals surface area (Å²) < 4.78 is 125. The van der Waals surface area contributed by atoms with Gasteiger partial charge in [-0.05, 0) is 37.3 Å². The molecule has 0 saturated heterocycles. The number of rotatable bonds is 11. The minimum absolute atomic E-state index is 0.0703. The Morgan fingerprint density at radius 2 is 1.42 bits per heavy atom. The number of aliphatic carboxylic acids is 1. The van der Waals surface area contributed by atoms with E-state index in [1.807, 2.05) is 0 Å². The second kappa shape index (κ2) is 11.0. The summed E-state index contributed by atoms with van der Waals surface area (Å²) in [4.78, 5) is 11.0. The number of carboxylic acid groups (broad SMARTS) is 1. The molecule has 2 unspecified atom stereocenters. The number of carboxylic acids is 1. The van der Waals surface area contributed by atoms with Gasteiger partial charge >= 0.3 is 25.1 Å². The van der Waals surface area contributed by atoms with Gasteiger partial charge in [-0.3, -0.25) is 4.79 Å². The highest BCUT2D eigenvalue weighted by Crippen LogP contribution is 2.44. The van der Waals surface area contributed by atoms with E-state index in [1.165, 1.54) is 0 Å². The Hall–Kier alpha value is -2.58. The fourth-order valence-corrected chi connectivity index (χ4v) is 3.01. The van der Waals surface area contributed by atoms with Crippen LogP contribution in [0.4, 0.5) is 39.5 Å². The lowest BCUT2D eigenvalue weighted by atomic mass is 9.91. The van der Waals surface area contributed by atoms with Crippen molar-refractivity contribution in [3.8, 4) is 17.2 Å². The van der Waals surface area contributed by atoms with E-state index in [-0.39, 0.29) is 37.8 Å². The van der Waals surface area contributed by atoms with E-state index < -0.39 is 60.2 Å². The summed E-state index contributed by atoms with van der Waals surface area (Å²) in [6, 6.07) is 0.589. The van der Waals surface area contributed by atoms with Gasteiger partial charge in [0.05, 0.1) is 5.92 Å². The van der Waals surface area contributed by atoms with Gasteiger partial charge in [0, 0.05) is 12.1 Å². The molecule has 3 N–H and O–H groups in total. The van der Waals surface area contributed by atoms with Crippen molar-refractivity contribution in [3.05, 3.63) is 17.7 Å². The second-order valence-corrected chi connectivity index (χ2v) is 7.02. The number of carbonyl (C=O) groups is 1. The fourth-order valence-electron chi connectivity index (χ4n) is 3.01. The Labute approximate surface area is 181 Å². The molecule has 0 bridgehead atoms. The average Bonchev–Trinajstić information content (AvgIpc) is 2.60. The number of hydrogen-bond acceptors (Lipinski definition) is 5. The molecule has 1 aromatic carbocycles. The van der Waals surface area contributed by atoms with Crippen LogP contribution in [0.15, 0.2) is 12.1 Å². The van der Waals surface area contributed by atoms with Crippen molar-refractivity contribution in [1.29, 1.82) is 0 Å². The van der Waals surface area contributed by atoms with Crippen LogP contribution in [0.1, 0.15) is 31.7 Å². The van der Waals surface area contributed by atoms with Crippen LogP contribution < -0.4 is 19.9 Å². The highest BCUT2D eigenvalue weighted by atomic mass is 19.4. The van der Waals surface area contributed by atoms with Crippen molar-refractivity contribution in [3.63, 3.8) is 0 Å². The second-order valence-electron chi connectivity index (χ2n) is 7.02. The SMILES string of the molecule is CC(CCCc1c(OC(F)(F)F)ccc(OC(F)(F)F)c1OC(F)(F)F)CC(CN)C(=O)O. The summed E-state index contributed by atoms with van der Waals surface area (Å²) in [6.45, 7) is 1.39. The first-order chi connectivity index (χ1) is 14.9. The molecule has 0 aliphatic rings. The van der Waals surface area contributed by atoms with Crippen molar-refractivity contribution in [2.75, 3.05) is 6.54 Å². The minimum Gasteiger partial charge on any atom is -0.481 e. The summed E-state index contributed by atoms with van der Waals surface area (Å²) in [7, 11) is 0. The molecule has 1 aromatic rings. The van der Waals surface area contributed by atoms with E-state index in [0.29, 0.717) is 6.07 Å². The average molecular weight is 501 g/mol. The molecule has 0 radical (unpaired) electrons. The van der Waals surface area contributed by atoms with Crippen LogP contribution in [0, 0.1) is 11.8 Å². The molecule has 1 rings (SSSR count). The van der Waals surface area contributed by atoms with Gasteiger partial charge in [0.1, 0.15) is 5.75 Å². The standard InChI is InChI=1S/C18H20F9NO5/c1-9(7-10(8-28)15(29)30)3-2-4-11-12(31-16(19,20)21)5-6-13(32-17(22,23)24)14(11)33-18(25,26)27/h5-6,9-10H,2-4,7-8,28H2,1H3,(H,29,30). The fraction of sp³-hybridized carbons (Fsp3) is 0.611. The van der Waals surface area contributed by atoms with Crippen LogP contribution in [0.3, 0.4) is 0 Å². The van der Waals surface area contributed by atoms with Gasteiger partial charge in [-0.25, -0.2) is 0 Å². The van der Waals surface area contributed by atoms with Gasteiger partial charge in [-0.15, -0.1) is 39.5 Å². The third kappa shape index (κ3) is 10.7. The molecule has 15 heteroatoms. The molecule has 0 spiro atoms. The minimum atomic E-state index is -5.56. The Morgan fingerprint density at radius 1 is 0.939 bits per heavy atom. The predicted octanol–water partition coefficient (Wildman–Crippen LogP) is 5.39. The molecule has 33 heavy (non-hydrogen) atoms. The van der Waals surface area contributed by atoms with E-state index >= 15 is 0 Å². The van der Waals surface area contributed by atoms with Crippen molar-refractivity contribution >= 4 is 5.97 Å². The quantitative estimate of drug-likeness (QED) is 0.395. The molecule has 0 aromatic heterocycles. The lowest BCUT2D eigenvalue weighted by molar-refractivity contribution is -0.288.